The summed E-state index contributed by atoms with van der Waals surface area (Å²) in [6.07, 6.45) is 11.9. The van der Waals surface area contributed by atoms with Crippen molar-refractivity contribution in [2.45, 2.75) is 64.2 Å². The van der Waals surface area contributed by atoms with Gasteiger partial charge in [0.25, 0.3) is 0 Å². The van der Waals surface area contributed by atoms with Crippen LogP contribution in [0.4, 0.5) is 0 Å². The van der Waals surface area contributed by atoms with Crippen LogP contribution in [0.5, 0.6) is 5.88 Å². The molecule has 24 heavy (non-hydrogen) atoms. The van der Waals surface area contributed by atoms with Gasteiger partial charge in [0.15, 0.2) is 0 Å². The first-order valence-corrected chi connectivity index (χ1v) is 8.72. The third-order valence-electron chi connectivity index (χ3n) is 4.42. The molecule has 1 aliphatic heterocycles. The Labute approximate surface area is 143 Å². The lowest BCUT2D eigenvalue weighted by Crippen LogP contribution is -2.26. The van der Waals surface area contributed by atoms with E-state index < -0.39 is 0 Å². The van der Waals surface area contributed by atoms with Crippen molar-refractivity contribution in [3.8, 4) is 5.88 Å². The Morgan fingerprint density at radius 3 is 2.71 bits per heavy atom. The summed E-state index contributed by atoms with van der Waals surface area (Å²) >= 11 is 0. The van der Waals surface area contributed by atoms with Gasteiger partial charge in [0.1, 0.15) is 12.8 Å². The zero-order valence-electron chi connectivity index (χ0n) is 14.6. The molecular weight excluding hydrogens is 308 g/mol. The summed E-state index contributed by atoms with van der Waals surface area (Å²) in [5.41, 5.74) is 1.16. The van der Waals surface area contributed by atoms with E-state index in [0.29, 0.717) is 12.5 Å². The molecule has 0 bridgehead atoms. The lowest BCUT2D eigenvalue weighted by molar-refractivity contribution is 0.00781. The molecule has 1 aromatic rings. The van der Waals surface area contributed by atoms with E-state index in [-0.39, 0.29) is 18.0 Å². The average molecular weight is 336 g/mol. The largest absolute Gasteiger partial charge is 0.473 e. The maximum Gasteiger partial charge on any atom is 0.352 e. The lowest BCUT2D eigenvalue weighted by atomic mass is 9.95. The first kappa shape index (κ1) is 18.7. The summed E-state index contributed by atoms with van der Waals surface area (Å²) in [4.78, 5) is 16.1. The monoisotopic (exact) mass is 336 g/mol. The Bertz CT molecular complexity index is 589. The molecule has 3 rings (SSSR count). The number of rotatable bonds is 4. The zero-order chi connectivity index (χ0) is 17.4. The van der Waals surface area contributed by atoms with Crippen molar-refractivity contribution in [2.75, 3.05) is 13.7 Å². The predicted molar refractivity (Wildman–Crippen MR) is 92.1 cm³/mol. The van der Waals surface area contributed by atoms with Crippen LogP contribution in [0, 0.1) is 0 Å². The van der Waals surface area contributed by atoms with Gasteiger partial charge in [-0.15, -0.1) is 0 Å². The van der Waals surface area contributed by atoms with Gasteiger partial charge in [-0.25, -0.2) is 4.79 Å². The first-order valence-electron chi connectivity index (χ1n) is 8.72. The summed E-state index contributed by atoms with van der Waals surface area (Å²) in [7, 11) is 1.00. The summed E-state index contributed by atoms with van der Waals surface area (Å²) in [6, 6.07) is 1.74. The van der Waals surface area contributed by atoms with Crippen molar-refractivity contribution >= 4 is 0 Å². The Balaban J connectivity index is 0.00000100. The van der Waals surface area contributed by atoms with Crippen LogP contribution in [-0.2, 0) is 4.74 Å². The van der Waals surface area contributed by atoms with Gasteiger partial charge in [0.2, 0.25) is 5.88 Å². The van der Waals surface area contributed by atoms with Gasteiger partial charge >= 0.3 is 5.69 Å². The molecule has 1 aliphatic carbocycles. The van der Waals surface area contributed by atoms with Crippen LogP contribution >= 0.6 is 0 Å². The second-order valence-electron chi connectivity index (χ2n) is 6.17. The number of aliphatic hydroxyl groups is 1. The van der Waals surface area contributed by atoms with E-state index in [2.05, 4.69) is 11.1 Å². The molecule has 2 fully saturated rings. The highest BCUT2D eigenvalue weighted by molar-refractivity contribution is 5.09. The van der Waals surface area contributed by atoms with Crippen LogP contribution in [0.15, 0.2) is 28.7 Å². The molecule has 6 nitrogen and oxygen atoms in total. The van der Waals surface area contributed by atoms with Crippen LogP contribution in [0.3, 0.4) is 0 Å². The Hall–Kier alpha value is -1.66. The Morgan fingerprint density at radius 2 is 2.08 bits per heavy atom. The molecule has 0 radical (unpaired) electrons. The van der Waals surface area contributed by atoms with Gasteiger partial charge in [-0.2, -0.15) is 4.98 Å². The predicted octanol–water partition coefficient (Wildman–Crippen LogP) is 2.82. The highest BCUT2D eigenvalue weighted by Gasteiger charge is 2.24. The molecule has 2 aliphatic rings. The smallest absolute Gasteiger partial charge is 0.352 e. The fraction of sp³-hybridized carbons (Fsp3) is 0.667. The van der Waals surface area contributed by atoms with Crippen LogP contribution in [0.2, 0.25) is 0 Å². The molecule has 6 heteroatoms. The number of ether oxygens (including phenoxy) is 2. The van der Waals surface area contributed by atoms with E-state index >= 15 is 0 Å². The standard InChI is InChI=1S/C17H24N2O3.CH4O/c1-13-7-8-16(22-13)19-11-9-15(18-17(19)20)21-12-10-14-5-3-2-4-6-14;1-2/h9-11,13,16H,2-8,12H2,1H3;2H,1H3. The first-order chi connectivity index (χ1) is 11.7. The summed E-state index contributed by atoms with van der Waals surface area (Å²) in [5, 5.41) is 7.00. The van der Waals surface area contributed by atoms with Gasteiger partial charge in [-0.1, -0.05) is 12.0 Å². The summed E-state index contributed by atoms with van der Waals surface area (Å²) in [5.74, 6) is 0.389. The van der Waals surface area contributed by atoms with Crippen molar-refractivity contribution in [1.82, 2.24) is 9.55 Å². The van der Waals surface area contributed by atoms with Crippen LogP contribution in [-0.4, -0.2) is 34.5 Å². The molecule has 1 aromatic heterocycles. The van der Waals surface area contributed by atoms with Crippen LogP contribution in [0.1, 0.15) is 58.1 Å². The van der Waals surface area contributed by atoms with Crippen molar-refractivity contribution in [1.29, 1.82) is 0 Å². The van der Waals surface area contributed by atoms with Crippen molar-refractivity contribution in [2.24, 2.45) is 0 Å². The minimum absolute atomic E-state index is 0.187. The van der Waals surface area contributed by atoms with Gasteiger partial charge < -0.3 is 14.6 Å². The topological polar surface area (TPSA) is 73.6 Å². The number of aliphatic hydroxyl groups excluding tert-OH is 1. The van der Waals surface area contributed by atoms with Crippen LogP contribution < -0.4 is 10.4 Å². The van der Waals surface area contributed by atoms with Crippen molar-refractivity contribution < 1.29 is 14.6 Å². The van der Waals surface area contributed by atoms with E-state index in [1.165, 1.54) is 37.7 Å². The second-order valence-corrected chi connectivity index (χ2v) is 6.17. The highest BCUT2D eigenvalue weighted by Crippen LogP contribution is 2.26. The molecule has 0 aromatic carbocycles. The highest BCUT2D eigenvalue weighted by atomic mass is 16.5. The van der Waals surface area contributed by atoms with E-state index in [1.54, 1.807) is 16.8 Å². The number of hydrogen-bond donors (Lipinski definition) is 1. The Morgan fingerprint density at radius 1 is 1.33 bits per heavy atom. The molecule has 1 saturated heterocycles. The van der Waals surface area contributed by atoms with E-state index in [4.69, 9.17) is 14.6 Å². The molecule has 2 unspecified atom stereocenters. The van der Waals surface area contributed by atoms with Crippen molar-refractivity contribution in [3.63, 3.8) is 0 Å². The molecular formula is C18H28N2O4. The maximum absolute atomic E-state index is 12.1. The number of aromatic nitrogens is 2. The minimum atomic E-state index is -0.304. The number of nitrogens with zero attached hydrogens (tertiary/aromatic N) is 2. The molecule has 1 saturated carbocycles. The van der Waals surface area contributed by atoms with E-state index in [0.717, 1.165) is 20.0 Å². The molecule has 0 amide bonds. The molecule has 2 atom stereocenters. The third kappa shape index (κ3) is 5.18. The fourth-order valence-corrected chi connectivity index (χ4v) is 3.14. The fourth-order valence-electron chi connectivity index (χ4n) is 3.14. The van der Waals surface area contributed by atoms with E-state index in [1.807, 2.05) is 6.92 Å². The average Bonchev–Trinajstić information content (AvgIpc) is 3.04. The van der Waals surface area contributed by atoms with Gasteiger partial charge in [-0.3, -0.25) is 4.57 Å². The third-order valence-corrected chi connectivity index (χ3v) is 4.42. The Kier molecular flexibility index (Phi) is 7.46. The summed E-state index contributed by atoms with van der Waals surface area (Å²) in [6.45, 7) is 2.51. The normalized spacial score (nSPS) is 23.4. The SMILES string of the molecule is CC1CCC(n2ccc(OCC=C3CCCCC3)nc2=O)O1.CO. The van der Waals surface area contributed by atoms with E-state index in [9.17, 15) is 4.79 Å². The quantitative estimate of drug-likeness (QED) is 0.856. The summed E-state index contributed by atoms with van der Waals surface area (Å²) < 4.78 is 12.8. The number of hydrogen-bond acceptors (Lipinski definition) is 5. The lowest BCUT2D eigenvalue weighted by Gasteiger charge is -2.15. The molecule has 134 valence electrons. The minimum Gasteiger partial charge on any atom is -0.473 e. The van der Waals surface area contributed by atoms with Crippen molar-refractivity contribution in [3.05, 3.63) is 34.4 Å². The number of allylic oxidation sites excluding steroid dienone is 1. The second kappa shape index (κ2) is 9.59. The van der Waals surface area contributed by atoms with Crippen LogP contribution in [0.25, 0.3) is 0 Å². The van der Waals surface area contributed by atoms with Gasteiger partial charge in [0.05, 0.1) is 6.10 Å². The molecule has 2 heterocycles. The molecule has 1 N–H and O–H groups in total. The van der Waals surface area contributed by atoms with Gasteiger partial charge in [0, 0.05) is 19.4 Å². The molecule has 0 spiro atoms. The van der Waals surface area contributed by atoms with Gasteiger partial charge in [-0.05, 0) is 51.5 Å². The maximum atomic E-state index is 12.1. The zero-order valence-corrected chi connectivity index (χ0v) is 14.6.